The number of aromatic nitrogens is 1. The van der Waals surface area contributed by atoms with Crippen molar-refractivity contribution >= 4 is 5.91 Å². The summed E-state index contributed by atoms with van der Waals surface area (Å²) in [6.07, 6.45) is 2.62. The second-order valence-electron chi connectivity index (χ2n) is 4.15. The summed E-state index contributed by atoms with van der Waals surface area (Å²) < 4.78 is 13.5. The molecule has 0 bridgehead atoms. The second kappa shape index (κ2) is 5.48. The Kier molecular flexibility index (Phi) is 3.75. The lowest BCUT2D eigenvalue weighted by Gasteiger charge is -2.18. The Bertz CT molecular complexity index is 602. The van der Waals surface area contributed by atoms with Crippen molar-refractivity contribution < 1.29 is 14.3 Å². The maximum atomic E-state index is 13.5. The maximum Gasteiger partial charge on any atom is 0.257 e. The number of aromatic hydroxyl groups is 1. The third-order valence-electron chi connectivity index (χ3n) is 2.74. The molecule has 0 aliphatic carbocycles. The first-order valence-electron chi connectivity index (χ1n) is 5.71. The number of benzene rings is 1. The molecular weight excluding hydrogens is 247 g/mol. The standard InChI is InChI=1S/C14H13FN2O2/c1-17(9-10-4-2-3-5-12(10)15)14(19)11-6-7-16-8-13(11)18/h2-8,18H,9H2,1H3. The van der Waals surface area contributed by atoms with Crippen molar-refractivity contribution in [2.24, 2.45) is 0 Å². The summed E-state index contributed by atoms with van der Waals surface area (Å²) in [6.45, 7) is 0.132. The van der Waals surface area contributed by atoms with E-state index < -0.39 is 0 Å². The van der Waals surface area contributed by atoms with Crippen LogP contribution in [0, 0.1) is 5.82 Å². The Morgan fingerprint density at radius 3 is 2.79 bits per heavy atom. The lowest BCUT2D eigenvalue weighted by Crippen LogP contribution is -2.26. The zero-order chi connectivity index (χ0) is 13.8. The number of carbonyl (C=O) groups is 1. The van der Waals surface area contributed by atoms with E-state index >= 15 is 0 Å². The topological polar surface area (TPSA) is 53.4 Å². The van der Waals surface area contributed by atoms with Crippen LogP contribution in [0.15, 0.2) is 42.7 Å². The van der Waals surface area contributed by atoms with Crippen LogP contribution in [0.4, 0.5) is 4.39 Å². The third kappa shape index (κ3) is 2.88. The molecule has 1 aromatic carbocycles. The summed E-state index contributed by atoms with van der Waals surface area (Å²) in [6, 6.07) is 7.69. The fourth-order valence-corrected chi connectivity index (χ4v) is 1.73. The van der Waals surface area contributed by atoms with Gasteiger partial charge in [-0.15, -0.1) is 0 Å². The van der Waals surface area contributed by atoms with Crippen LogP contribution in [0.1, 0.15) is 15.9 Å². The van der Waals surface area contributed by atoms with Crippen molar-refractivity contribution in [2.45, 2.75) is 6.54 Å². The van der Waals surface area contributed by atoms with E-state index in [0.717, 1.165) is 0 Å². The number of carbonyl (C=O) groups excluding carboxylic acids is 1. The van der Waals surface area contributed by atoms with Crippen molar-refractivity contribution in [3.05, 3.63) is 59.7 Å². The van der Waals surface area contributed by atoms with Gasteiger partial charge in [0, 0.05) is 25.4 Å². The van der Waals surface area contributed by atoms with Crippen molar-refractivity contribution in [1.82, 2.24) is 9.88 Å². The van der Waals surface area contributed by atoms with E-state index in [9.17, 15) is 14.3 Å². The second-order valence-corrected chi connectivity index (χ2v) is 4.15. The van der Waals surface area contributed by atoms with E-state index in [1.807, 2.05) is 0 Å². The first-order valence-corrected chi connectivity index (χ1v) is 5.71. The minimum Gasteiger partial charge on any atom is -0.505 e. The molecule has 5 heteroatoms. The number of halogens is 1. The van der Waals surface area contributed by atoms with Gasteiger partial charge in [0.15, 0.2) is 0 Å². The van der Waals surface area contributed by atoms with Crippen molar-refractivity contribution in [3.63, 3.8) is 0 Å². The molecule has 98 valence electrons. The van der Waals surface area contributed by atoms with Crippen LogP contribution in [-0.2, 0) is 6.54 Å². The van der Waals surface area contributed by atoms with E-state index in [0.29, 0.717) is 5.56 Å². The molecule has 2 rings (SSSR count). The highest BCUT2D eigenvalue weighted by Crippen LogP contribution is 2.17. The van der Waals surface area contributed by atoms with Gasteiger partial charge in [0.05, 0.1) is 11.8 Å². The Hall–Kier alpha value is -2.43. The number of hydrogen-bond acceptors (Lipinski definition) is 3. The molecule has 1 N–H and O–H groups in total. The molecule has 0 unspecified atom stereocenters. The third-order valence-corrected chi connectivity index (χ3v) is 2.74. The summed E-state index contributed by atoms with van der Waals surface area (Å²) in [5.41, 5.74) is 0.570. The van der Waals surface area contributed by atoms with Crippen LogP contribution in [0.3, 0.4) is 0 Å². The predicted molar refractivity (Wildman–Crippen MR) is 68.1 cm³/mol. The normalized spacial score (nSPS) is 10.2. The Morgan fingerprint density at radius 1 is 1.37 bits per heavy atom. The van der Waals surface area contributed by atoms with Crippen LogP contribution in [0.25, 0.3) is 0 Å². The lowest BCUT2D eigenvalue weighted by molar-refractivity contribution is 0.0780. The van der Waals surface area contributed by atoms with Crippen LogP contribution < -0.4 is 0 Å². The molecule has 0 aliphatic heterocycles. The zero-order valence-corrected chi connectivity index (χ0v) is 10.4. The van der Waals surface area contributed by atoms with E-state index in [2.05, 4.69) is 4.98 Å². The quantitative estimate of drug-likeness (QED) is 0.920. The van der Waals surface area contributed by atoms with Gasteiger partial charge in [-0.2, -0.15) is 0 Å². The van der Waals surface area contributed by atoms with Gasteiger partial charge in [0.2, 0.25) is 0 Å². The molecular formula is C14H13FN2O2. The van der Waals surface area contributed by atoms with Crippen LogP contribution in [0.5, 0.6) is 5.75 Å². The fourth-order valence-electron chi connectivity index (χ4n) is 1.73. The van der Waals surface area contributed by atoms with E-state index in [-0.39, 0.29) is 29.6 Å². The van der Waals surface area contributed by atoms with Gasteiger partial charge in [0.25, 0.3) is 5.91 Å². The molecule has 0 aliphatic rings. The van der Waals surface area contributed by atoms with Gasteiger partial charge in [-0.3, -0.25) is 9.78 Å². The fraction of sp³-hybridized carbons (Fsp3) is 0.143. The highest BCUT2D eigenvalue weighted by molar-refractivity contribution is 5.96. The molecule has 19 heavy (non-hydrogen) atoms. The molecule has 2 aromatic rings. The van der Waals surface area contributed by atoms with Gasteiger partial charge in [0.1, 0.15) is 11.6 Å². The predicted octanol–water partition coefficient (Wildman–Crippen LogP) is 2.20. The largest absolute Gasteiger partial charge is 0.505 e. The van der Waals surface area contributed by atoms with Crippen LogP contribution in [-0.4, -0.2) is 27.9 Å². The average molecular weight is 260 g/mol. The van der Waals surface area contributed by atoms with Gasteiger partial charge >= 0.3 is 0 Å². The molecule has 0 fully saturated rings. The maximum absolute atomic E-state index is 13.5. The smallest absolute Gasteiger partial charge is 0.257 e. The number of amides is 1. The van der Waals surface area contributed by atoms with Crippen LogP contribution >= 0.6 is 0 Å². The molecule has 0 saturated heterocycles. The number of pyridine rings is 1. The highest BCUT2D eigenvalue weighted by Gasteiger charge is 2.16. The number of hydrogen-bond donors (Lipinski definition) is 1. The molecule has 1 amide bonds. The summed E-state index contributed by atoms with van der Waals surface area (Å²) in [5, 5.41) is 9.57. The molecule has 1 aromatic heterocycles. The van der Waals surface area contributed by atoms with Crippen molar-refractivity contribution in [1.29, 1.82) is 0 Å². The molecule has 0 spiro atoms. The van der Waals surface area contributed by atoms with Gasteiger partial charge in [-0.25, -0.2) is 4.39 Å². The van der Waals surface area contributed by atoms with E-state index in [4.69, 9.17) is 0 Å². The van der Waals surface area contributed by atoms with Crippen molar-refractivity contribution in [2.75, 3.05) is 7.05 Å². The van der Waals surface area contributed by atoms with E-state index in [1.54, 1.807) is 25.2 Å². The molecule has 0 radical (unpaired) electrons. The molecule has 0 atom stereocenters. The van der Waals surface area contributed by atoms with Gasteiger partial charge in [-0.1, -0.05) is 18.2 Å². The summed E-state index contributed by atoms with van der Waals surface area (Å²) >= 11 is 0. The Labute approximate surface area is 110 Å². The van der Waals surface area contributed by atoms with Crippen molar-refractivity contribution in [3.8, 4) is 5.75 Å². The lowest BCUT2D eigenvalue weighted by atomic mass is 10.1. The minimum absolute atomic E-state index is 0.132. The first-order chi connectivity index (χ1) is 9.09. The SMILES string of the molecule is CN(Cc1ccccc1F)C(=O)c1ccncc1O. The Balaban J connectivity index is 2.17. The van der Waals surface area contributed by atoms with E-state index in [1.165, 1.54) is 29.4 Å². The summed E-state index contributed by atoms with van der Waals surface area (Å²) in [7, 11) is 1.55. The number of nitrogens with zero attached hydrogens (tertiary/aromatic N) is 2. The van der Waals surface area contributed by atoms with Gasteiger partial charge < -0.3 is 10.0 Å². The monoisotopic (exact) mass is 260 g/mol. The van der Waals surface area contributed by atoms with Gasteiger partial charge in [-0.05, 0) is 12.1 Å². The summed E-state index contributed by atoms with van der Waals surface area (Å²) in [5.74, 6) is -0.933. The number of rotatable bonds is 3. The average Bonchev–Trinajstić information content (AvgIpc) is 2.41. The summed E-state index contributed by atoms with van der Waals surface area (Å²) in [4.78, 5) is 17.1. The Morgan fingerprint density at radius 2 is 2.11 bits per heavy atom. The van der Waals surface area contributed by atoms with Crippen LogP contribution in [0.2, 0.25) is 0 Å². The minimum atomic E-state index is -0.386. The molecule has 1 heterocycles. The molecule has 0 saturated carbocycles. The first kappa shape index (κ1) is 13.0. The highest BCUT2D eigenvalue weighted by atomic mass is 19.1. The molecule has 4 nitrogen and oxygen atoms in total. The zero-order valence-electron chi connectivity index (χ0n) is 10.4.